The molecule has 1 fully saturated rings. The molecule has 0 saturated heterocycles. The number of hydrogen-bond acceptors (Lipinski definition) is 4. The van der Waals surface area contributed by atoms with Crippen LogP contribution in [0.25, 0.3) is 0 Å². The number of benzene rings is 3. The van der Waals surface area contributed by atoms with Crippen LogP contribution in [0, 0.1) is 18.7 Å². The van der Waals surface area contributed by atoms with Crippen molar-refractivity contribution in [3.8, 4) is 0 Å². The molecule has 3 atom stereocenters. The number of pyridine rings is 1. The predicted molar refractivity (Wildman–Crippen MR) is 152 cm³/mol. The summed E-state index contributed by atoms with van der Waals surface area (Å²) in [4.78, 5) is 20.4. The van der Waals surface area contributed by atoms with E-state index >= 15 is 0 Å². The maximum atomic E-state index is 14.0. The van der Waals surface area contributed by atoms with Crippen LogP contribution in [-0.4, -0.2) is 19.3 Å². The van der Waals surface area contributed by atoms with Crippen LogP contribution in [0.3, 0.4) is 0 Å². The standard InChI is InChI=1S/C32H30FN3O3S/c1-21-6-5-9-25(34-21)20-36(32(37)30-19-28(30)22-7-3-2-4-8-22)26-14-10-23-11-17-31(29(23)18-26)35-40(38,39)27-15-12-24(33)13-16-27/h2-10,12-16,18,28,30-31,35H,11,17,19-20H2,1H3/t28-,30+,31-/m1/s1. The lowest BCUT2D eigenvalue weighted by Gasteiger charge is -2.25. The van der Waals surface area contributed by atoms with Gasteiger partial charge in [0.2, 0.25) is 15.9 Å². The van der Waals surface area contributed by atoms with Crippen LogP contribution >= 0.6 is 0 Å². The zero-order valence-electron chi connectivity index (χ0n) is 22.1. The van der Waals surface area contributed by atoms with Crippen LogP contribution in [0.5, 0.6) is 0 Å². The SMILES string of the molecule is Cc1cccc(CN(C(=O)[C@H]2C[C@@H]2c2ccccc2)c2ccc3c(c2)[C@H](NS(=O)(=O)c2ccc(F)cc2)CC3)n1. The normalized spacial score (nSPS) is 19.7. The van der Waals surface area contributed by atoms with Crippen molar-refractivity contribution in [1.82, 2.24) is 9.71 Å². The number of carbonyl (C=O) groups excluding carboxylic acids is 1. The largest absolute Gasteiger partial charge is 0.306 e. The number of fused-ring (bicyclic) bond motifs is 1. The molecule has 0 aliphatic heterocycles. The number of aromatic nitrogens is 1. The summed E-state index contributed by atoms with van der Waals surface area (Å²) in [5.41, 5.74) is 5.46. The molecule has 2 aliphatic carbocycles. The molecule has 8 heteroatoms. The predicted octanol–water partition coefficient (Wildman–Crippen LogP) is 5.83. The Hall–Kier alpha value is -3.88. The number of carbonyl (C=O) groups is 1. The molecule has 6 rings (SSSR count). The number of amides is 1. The summed E-state index contributed by atoms with van der Waals surface area (Å²) in [6.07, 6.45) is 2.12. The smallest absolute Gasteiger partial charge is 0.241 e. The van der Waals surface area contributed by atoms with Crippen molar-refractivity contribution in [2.24, 2.45) is 5.92 Å². The summed E-state index contributed by atoms with van der Waals surface area (Å²) in [6.45, 7) is 2.25. The van der Waals surface area contributed by atoms with Crippen LogP contribution in [-0.2, 0) is 27.8 Å². The van der Waals surface area contributed by atoms with Crippen LogP contribution in [0.2, 0.25) is 0 Å². The molecule has 2 aliphatic rings. The van der Waals surface area contributed by atoms with Gasteiger partial charge in [-0.15, -0.1) is 0 Å². The fourth-order valence-electron chi connectivity index (χ4n) is 5.63. The molecular formula is C32H30FN3O3S. The Morgan fingerprint density at radius 2 is 1.77 bits per heavy atom. The second-order valence-corrected chi connectivity index (χ2v) is 12.3. The molecule has 0 bridgehead atoms. The van der Waals surface area contributed by atoms with Gasteiger partial charge in [-0.25, -0.2) is 17.5 Å². The highest BCUT2D eigenvalue weighted by Gasteiger charge is 2.46. The summed E-state index contributed by atoms with van der Waals surface area (Å²) >= 11 is 0. The number of rotatable bonds is 8. The fourth-order valence-corrected chi connectivity index (χ4v) is 6.88. The Morgan fingerprint density at radius 3 is 2.52 bits per heavy atom. The molecule has 1 aromatic heterocycles. The highest BCUT2D eigenvalue weighted by molar-refractivity contribution is 7.89. The fraction of sp³-hybridized carbons (Fsp3) is 0.250. The molecule has 1 saturated carbocycles. The molecule has 0 unspecified atom stereocenters. The van der Waals surface area contributed by atoms with Crippen molar-refractivity contribution < 1.29 is 17.6 Å². The van der Waals surface area contributed by atoms with Crippen molar-refractivity contribution in [2.75, 3.05) is 4.90 Å². The molecule has 0 radical (unpaired) electrons. The lowest BCUT2D eigenvalue weighted by molar-refractivity contribution is -0.120. The molecular weight excluding hydrogens is 525 g/mol. The molecule has 1 N–H and O–H groups in total. The molecule has 1 amide bonds. The van der Waals surface area contributed by atoms with E-state index in [1.165, 1.54) is 17.7 Å². The van der Waals surface area contributed by atoms with E-state index < -0.39 is 21.9 Å². The molecule has 0 spiro atoms. The van der Waals surface area contributed by atoms with E-state index in [0.29, 0.717) is 13.0 Å². The van der Waals surface area contributed by atoms with Gasteiger partial charge in [0.15, 0.2) is 0 Å². The van der Waals surface area contributed by atoms with Gasteiger partial charge in [0, 0.05) is 23.3 Å². The van der Waals surface area contributed by atoms with Crippen molar-refractivity contribution in [1.29, 1.82) is 0 Å². The Kier molecular flexibility index (Phi) is 6.98. The van der Waals surface area contributed by atoms with Gasteiger partial charge in [-0.3, -0.25) is 9.78 Å². The van der Waals surface area contributed by atoms with Gasteiger partial charge in [-0.05, 0) is 97.3 Å². The second kappa shape index (κ2) is 10.6. The monoisotopic (exact) mass is 555 g/mol. The summed E-state index contributed by atoms with van der Waals surface area (Å²) in [7, 11) is -3.85. The lowest BCUT2D eigenvalue weighted by Crippen LogP contribution is -2.33. The lowest BCUT2D eigenvalue weighted by atomic mass is 10.1. The summed E-state index contributed by atoms with van der Waals surface area (Å²) in [6, 6.07) is 26.1. The first-order valence-electron chi connectivity index (χ1n) is 13.5. The molecule has 3 aromatic carbocycles. The zero-order valence-corrected chi connectivity index (χ0v) is 22.9. The Labute approximate surface area is 233 Å². The highest BCUT2D eigenvalue weighted by atomic mass is 32.2. The van der Waals surface area contributed by atoms with Gasteiger partial charge < -0.3 is 4.90 Å². The van der Waals surface area contributed by atoms with E-state index in [-0.39, 0.29) is 22.6 Å². The van der Waals surface area contributed by atoms with Crippen LogP contribution in [0.4, 0.5) is 10.1 Å². The van der Waals surface area contributed by atoms with Crippen molar-refractivity contribution in [2.45, 2.75) is 49.6 Å². The number of hydrogen-bond donors (Lipinski definition) is 1. The van der Waals surface area contributed by atoms with E-state index in [2.05, 4.69) is 21.8 Å². The van der Waals surface area contributed by atoms with Crippen molar-refractivity contribution >= 4 is 21.6 Å². The average Bonchev–Trinajstić information content (AvgIpc) is 3.67. The third-order valence-corrected chi connectivity index (χ3v) is 9.30. The summed E-state index contributed by atoms with van der Waals surface area (Å²) < 4.78 is 42.3. The quantitative estimate of drug-likeness (QED) is 0.297. The second-order valence-electron chi connectivity index (χ2n) is 10.6. The van der Waals surface area contributed by atoms with E-state index in [1.807, 2.05) is 61.5 Å². The first-order chi connectivity index (χ1) is 19.3. The first-order valence-corrected chi connectivity index (χ1v) is 15.0. The van der Waals surface area contributed by atoms with Gasteiger partial charge in [0.25, 0.3) is 0 Å². The molecule has 40 heavy (non-hydrogen) atoms. The Balaban J connectivity index is 1.30. The third kappa shape index (κ3) is 5.42. The van der Waals surface area contributed by atoms with E-state index in [4.69, 9.17) is 0 Å². The van der Waals surface area contributed by atoms with Crippen molar-refractivity contribution in [3.63, 3.8) is 0 Å². The molecule has 1 heterocycles. The maximum Gasteiger partial charge on any atom is 0.241 e. The minimum atomic E-state index is -3.85. The van der Waals surface area contributed by atoms with Gasteiger partial charge in [-0.1, -0.05) is 42.5 Å². The highest BCUT2D eigenvalue weighted by Crippen LogP contribution is 2.49. The minimum absolute atomic E-state index is 0.0153. The Bertz CT molecular complexity index is 1660. The van der Waals surface area contributed by atoms with E-state index in [9.17, 15) is 17.6 Å². The molecule has 6 nitrogen and oxygen atoms in total. The first kappa shape index (κ1) is 26.3. The molecule has 4 aromatic rings. The van der Waals surface area contributed by atoms with Gasteiger partial charge in [-0.2, -0.15) is 0 Å². The number of nitrogens with zero attached hydrogens (tertiary/aromatic N) is 2. The number of aryl methyl sites for hydroxylation is 2. The maximum absolute atomic E-state index is 14.0. The number of nitrogens with one attached hydrogen (secondary N) is 1. The van der Waals surface area contributed by atoms with E-state index in [1.54, 1.807) is 4.90 Å². The minimum Gasteiger partial charge on any atom is -0.306 e. The zero-order chi connectivity index (χ0) is 27.9. The van der Waals surface area contributed by atoms with E-state index in [0.717, 1.165) is 53.2 Å². The number of anilines is 1. The number of sulfonamides is 1. The number of halogens is 1. The van der Waals surface area contributed by atoms with Crippen LogP contribution in [0.1, 0.15) is 52.9 Å². The molecule has 204 valence electrons. The van der Waals surface area contributed by atoms with Gasteiger partial charge in [0.05, 0.1) is 17.1 Å². The summed E-state index contributed by atoms with van der Waals surface area (Å²) in [5, 5.41) is 0. The topological polar surface area (TPSA) is 79.4 Å². The average molecular weight is 556 g/mol. The Morgan fingerprint density at radius 1 is 1.00 bits per heavy atom. The van der Waals surface area contributed by atoms with Crippen molar-refractivity contribution in [3.05, 3.63) is 125 Å². The third-order valence-electron chi connectivity index (χ3n) is 7.81. The van der Waals surface area contributed by atoms with Gasteiger partial charge >= 0.3 is 0 Å². The van der Waals surface area contributed by atoms with Gasteiger partial charge in [0.1, 0.15) is 5.82 Å². The van der Waals surface area contributed by atoms with Crippen LogP contribution in [0.15, 0.2) is 95.9 Å². The summed E-state index contributed by atoms with van der Waals surface area (Å²) in [5.74, 6) is -0.383. The van der Waals surface area contributed by atoms with Crippen LogP contribution < -0.4 is 9.62 Å².